The molecule has 1 aromatic rings. The molecule has 0 bridgehead atoms. The third-order valence-corrected chi connectivity index (χ3v) is 3.98. The third kappa shape index (κ3) is 4.06. The summed E-state index contributed by atoms with van der Waals surface area (Å²) in [6, 6.07) is 6.17. The number of anilines is 1. The summed E-state index contributed by atoms with van der Waals surface area (Å²) in [6.07, 6.45) is 2.93. The number of nitrogens with one attached hydrogen (secondary N) is 1. The molecule has 0 aromatic heterocycles. The lowest BCUT2D eigenvalue weighted by Crippen LogP contribution is -2.32. The minimum atomic E-state index is 0.156. The van der Waals surface area contributed by atoms with E-state index in [2.05, 4.69) is 29.4 Å². The van der Waals surface area contributed by atoms with Crippen LogP contribution in [0, 0.1) is 19.8 Å². The second-order valence-corrected chi connectivity index (χ2v) is 5.82. The van der Waals surface area contributed by atoms with Crippen molar-refractivity contribution in [1.29, 1.82) is 0 Å². The number of hydrogen-bond donors (Lipinski definition) is 1. The largest absolute Gasteiger partial charge is 0.326 e. The molecule has 19 heavy (non-hydrogen) atoms. The Balaban J connectivity index is 1.89. The van der Waals surface area contributed by atoms with Crippen LogP contribution in [0.2, 0.25) is 0 Å². The predicted octanol–water partition coefficient (Wildman–Crippen LogP) is 2.97. The highest BCUT2D eigenvalue weighted by atomic mass is 16.1. The fourth-order valence-corrected chi connectivity index (χ4v) is 2.60. The van der Waals surface area contributed by atoms with E-state index < -0.39 is 0 Å². The lowest BCUT2D eigenvalue weighted by molar-refractivity contribution is -0.117. The maximum Gasteiger partial charge on any atom is 0.224 e. The Hall–Kier alpha value is -1.35. The quantitative estimate of drug-likeness (QED) is 0.906. The molecule has 3 heteroatoms. The second-order valence-electron chi connectivity index (χ2n) is 5.82. The Morgan fingerprint density at radius 1 is 1.32 bits per heavy atom. The first-order valence-electron chi connectivity index (χ1n) is 7.10. The zero-order valence-corrected chi connectivity index (χ0v) is 12.2. The zero-order chi connectivity index (χ0) is 13.8. The Labute approximate surface area is 116 Å². The first kappa shape index (κ1) is 14.1. The van der Waals surface area contributed by atoms with Gasteiger partial charge in [0.1, 0.15) is 0 Å². The number of aryl methyl sites for hydroxylation is 2. The van der Waals surface area contributed by atoms with E-state index in [4.69, 9.17) is 0 Å². The van der Waals surface area contributed by atoms with Crippen LogP contribution in [0.4, 0.5) is 5.69 Å². The molecular weight excluding hydrogens is 236 g/mol. The van der Waals surface area contributed by atoms with Crippen LogP contribution in [0.1, 0.15) is 30.4 Å². The van der Waals surface area contributed by atoms with E-state index in [1.807, 2.05) is 19.9 Å². The van der Waals surface area contributed by atoms with E-state index >= 15 is 0 Å². The zero-order valence-electron chi connectivity index (χ0n) is 12.2. The molecule has 0 radical (unpaired) electrons. The van der Waals surface area contributed by atoms with Gasteiger partial charge in [-0.05, 0) is 69.9 Å². The number of benzene rings is 1. The maximum atomic E-state index is 12.1. The van der Waals surface area contributed by atoms with Crippen LogP contribution in [0.3, 0.4) is 0 Å². The summed E-state index contributed by atoms with van der Waals surface area (Å²) in [7, 11) is 2.15. The molecule has 2 rings (SSSR count). The van der Waals surface area contributed by atoms with Crippen LogP contribution < -0.4 is 5.32 Å². The van der Waals surface area contributed by atoms with Crippen molar-refractivity contribution in [2.45, 2.75) is 33.1 Å². The van der Waals surface area contributed by atoms with Gasteiger partial charge in [-0.1, -0.05) is 12.1 Å². The van der Waals surface area contributed by atoms with E-state index in [-0.39, 0.29) is 5.91 Å². The van der Waals surface area contributed by atoms with Gasteiger partial charge in [-0.2, -0.15) is 0 Å². The van der Waals surface area contributed by atoms with Crippen molar-refractivity contribution in [2.75, 3.05) is 25.5 Å². The van der Waals surface area contributed by atoms with Crippen LogP contribution in [0.15, 0.2) is 18.2 Å². The van der Waals surface area contributed by atoms with Crippen molar-refractivity contribution in [3.63, 3.8) is 0 Å². The molecule has 1 amide bonds. The molecule has 0 saturated carbocycles. The number of nitrogens with zero attached hydrogens (tertiary/aromatic N) is 1. The fourth-order valence-electron chi connectivity index (χ4n) is 2.60. The molecule has 0 spiro atoms. The van der Waals surface area contributed by atoms with Crippen molar-refractivity contribution < 1.29 is 4.79 Å². The minimum absolute atomic E-state index is 0.156. The number of hydrogen-bond acceptors (Lipinski definition) is 2. The molecule has 1 aliphatic rings. The second kappa shape index (κ2) is 6.20. The molecule has 1 fully saturated rings. The normalized spacial score (nSPS) is 17.4. The van der Waals surface area contributed by atoms with Crippen molar-refractivity contribution in [3.05, 3.63) is 29.3 Å². The number of carbonyl (C=O) groups is 1. The Morgan fingerprint density at radius 3 is 2.68 bits per heavy atom. The van der Waals surface area contributed by atoms with Crippen molar-refractivity contribution in [3.8, 4) is 0 Å². The van der Waals surface area contributed by atoms with Gasteiger partial charge in [0.2, 0.25) is 5.91 Å². The Morgan fingerprint density at radius 2 is 2.00 bits per heavy atom. The standard InChI is InChI=1S/C16H24N2O/c1-12-4-5-13(2)15(10-12)17-16(19)11-14-6-8-18(3)9-7-14/h4-5,10,14H,6-9,11H2,1-3H3,(H,17,19). The molecule has 3 nitrogen and oxygen atoms in total. The highest BCUT2D eigenvalue weighted by Crippen LogP contribution is 2.21. The maximum absolute atomic E-state index is 12.1. The summed E-state index contributed by atoms with van der Waals surface area (Å²) in [4.78, 5) is 14.4. The van der Waals surface area contributed by atoms with Crippen LogP contribution >= 0.6 is 0 Å². The summed E-state index contributed by atoms with van der Waals surface area (Å²) in [5.41, 5.74) is 3.26. The topological polar surface area (TPSA) is 32.3 Å². The van der Waals surface area contributed by atoms with Crippen LogP contribution in [-0.4, -0.2) is 30.9 Å². The number of carbonyl (C=O) groups excluding carboxylic acids is 1. The minimum Gasteiger partial charge on any atom is -0.326 e. The van der Waals surface area contributed by atoms with E-state index in [1.54, 1.807) is 0 Å². The van der Waals surface area contributed by atoms with Crippen molar-refractivity contribution in [1.82, 2.24) is 4.90 Å². The van der Waals surface area contributed by atoms with Gasteiger partial charge >= 0.3 is 0 Å². The highest BCUT2D eigenvalue weighted by molar-refractivity contribution is 5.91. The molecule has 104 valence electrons. The first-order valence-corrected chi connectivity index (χ1v) is 7.10. The van der Waals surface area contributed by atoms with E-state index in [0.717, 1.165) is 37.2 Å². The molecule has 0 atom stereocenters. The summed E-state index contributed by atoms with van der Waals surface area (Å²) in [5.74, 6) is 0.699. The molecule has 1 heterocycles. The van der Waals surface area contributed by atoms with Gasteiger partial charge in [-0.3, -0.25) is 4.79 Å². The predicted molar refractivity (Wildman–Crippen MR) is 79.4 cm³/mol. The molecule has 1 N–H and O–H groups in total. The number of piperidine rings is 1. The van der Waals surface area contributed by atoms with Gasteiger partial charge in [0, 0.05) is 12.1 Å². The van der Waals surface area contributed by atoms with E-state index in [0.29, 0.717) is 12.3 Å². The fraction of sp³-hybridized carbons (Fsp3) is 0.562. The number of amides is 1. The number of likely N-dealkylation sites (tertiary alicyclic amines) is 1. The number of rotatable bonds is 3. The van der Waals surface area contributed by atoms with Gasteiger partial charge in [0.25, 0.3) is 0 Å². The SMILES string of the molecule is Cc1ccc(C)c(NC(=O)CC2CCN(C)CC2)c1. The molecule has 1 saturated heterocycles. The smallest absolute Gasteiger partial charge is 0.224 e. The van der Waals surface area contributed by atoms with Gasteiger partial charge in [0.15, 0.2) is 0 Å². The average Bonchev–Trinajstić information content (AvgIpc) is 2.37. The van der Waals surface area contributed by atoms with Crippen LogP contribution in [-0.2, 0) is 4.79 Å². The van der Waals surface area contributed by atoms with Crippen LogP contribution in [0.25, 0.3) is 0 Å². The molecular formula is C16H24N2O. The first-order chi connectivity index (χ1) is 9.04. The van der Waals surface area contributed by atoms with E-state index in [9.17, 15) is 4.79 Å². The Bertz CT molecular complexity index is 448. The van der Waals surface area contributed by atoms with Gasteiger partial charge < -0.3 is 10.2 Å². The molecule has 0 unspecified atom stereocenters. The van der Waals surface area contributed by atoms with E-state index in [1.165, 1.54) is 5.56 Å². The van der Waals surface area contributed by atoms with Crippen molar-refractivity contribution in [2.24, 2.45) is 5.92 Å². The average molecular weight is 260 g/mol. The lowest BCUT2D eigenvalue weighted by Gasteiger charge is -2.28. The summed E-state index contributed by atoms with van der Waals surface area (Å²) < 4.78 is 0. The Kier molecular flexibility index (Phi) is 4.59. The van der Waals surface area contributed by atoms with Gasteiger partial charge in [-0.25, -0.2) is 0 Å². The lowest BCUT2D eigenvalue weighted by atomic mass is 9.93. The summed E-state index contributed by atoms with van der Waals surface area (Å²) in [5, 5.41) is 3.06. The highest BCUT2D eigenvalue weighted by Gasteiger charge is 2.19. The molecule has 1 aromatic carbocycles. The molecule has 1 aliphatic heterocycles. The van der Waals surface area contributed by atoms with Gasteiger partial charge in [0.05, 0.1) is 0 Å². The van der Waals surface area contributed by atoms with Crippen molar-refractivity contribution >= 4 is 11.6 Å². The van der Waals surface area contributed by atoms with Crippen LogP contribution in [0.5, 0.6) is 0 Å². The molecule has 0 aliphatic carbocycles. The van der Waals surface area contributed by atoms with Gasteiger partial charge in [-0.15, -0.1) is 0 Å². The third-order valence-electron chi connectivity index (χ3n) is 3.98. The monoisotopic (exact) mass is 260 g/mol. The summed E-state index contributed by atoms with van der Waals surface area (Å²) in [6.45, 7) is 6.31. The summed E-state index contributed by atoms with van der Waals surface area (Å²) >= 11 is 0.